The summed E-state index contributed by atoms with van der Waals surface area (Å²) in [5.74, 6) is -0.757. The lowest BCUT2D eigenvalue weighted by atomic mass is 10.1. The molecule has 0 bridgehead atoms. The summed E-state index contributed by atoms with van der Waals surface area (Å²) in [6.45, 7) is 1.78. The third kappa shape index (κ3) is 4.65. The molecule has 2 aromatic heterocycles. The smallest absolute Gasteiger partial charge is 0.345 e. The molecule has 0 radical (unpaired) electrons. The Balaban J connectivity index is 1.42. The van der Waals surface area contributed by atoms with E-state index in [1.165, 1.54) is 36.4 Å². The van der Waals surface area contributed by atoms with Crippen molar-refractivity contribution in [1.82, 2.24) is 0 Å². The molecule has 0 saturated heterocycles. The zero-order valence-electron chi connectivity index (χ0n) is 18.9. The molecule has 0 unspecified atom stereocenters. The van der Waals surface area contributed by atoms with Crippen LogP contribution in [-0.4, -0.2) is 10.9 Å². The van der Waals surface area contributed by atoms with Crippen molar-refractivity contribution >= 4 is 45.2 Å². The largest absolute Gasteiger partial charge is 0.460 e. The SMILES string of the molecule is Cc1cc(=O)oc2cc(Oc3coc4cc(OC(=O)c5cc([N+](=O)[O-])ccc5Cl)ccc4c3=O)ccc12. The number of aryl methyl sites for hydroxylation is 1. The van der Waals surface area contributed by atoms with Crippen LogP contribution in [0.1, 0.15) is 15.9 Å². The van der Waals surface area contributed by atoms with Crippen LogP contribution in [0.15, 0.2) is 85.4 Å². The van der Waals surface area contributed by atoms with Crippen LogP contribution >= 0.6 is 11.6 Å². The summed E-state index contributed by atoms with van der Waals surface area (Å²) in [6, 6.07) is 13.7. The molecule has 5 aromatic rings. The lowest BCUT2D eigenvalue weighted by molar-refractivity contribution is -0.384. The fourth-order valence-electron chi connectivity index (χ4n) is 3.67. The van der Waals surface area contributed by atoms with Crippen LogP contribution in [0.4, 0.5) is 5.69 Å². The molecular weight excluding hydrogens is 506 g/mol. The van der Waals surface area contributed by atoms with Gasteiger partial charge in [0.05, 0.1) is 20.9 Å². The molecule has 0 atom stereocenters. The topological polar surface area (TPSA) is 139 Å². The number of hydrogen-bond acceptors (Lipinski definition) is 9. The summed E-state index contributed by atoms with van der Waals surface area (Å²) in [7, 11) is 0. The number of non-ortho nitro benzene ring substituents is 1. The lowest BCUT2D eigenvalue weighted by Crippen LogP contribution is -2.10. The highest BCUT2D eigenvalue weighted by atomic mass is 35.5. The van der Waals surface area contributed by atoms with E-state index in [0.717, 1.165) is 29.3 Å². The number of nitrogens with zero attached hydrogens (tertiary/aromatic N) is 1. The zero-order chi connectivity index (χ0) is 26.3. The van der Waals surface area contributed by atoms with E-state index >= 15 is 0 Å². The molecule has 0 amide bonds. The number of carbonyl (C=O) groups excluding carboxylic acids is 1. The third-order valence-electron chi connectivity index (χ3n) is 5.46. The first-order chi connectivity index (χ1) is 17.7. The Morgan fingerprint density at radius 3 is 2.46 bits per heavy atom. The van der Waals surface area contributed by atoms with Gasteiger partial charge in [-0.15, -0.1) is 0 Å². The predicted molar refractivity (Wildman–Crippen MR) is 133 cm³/mol. The van der Waals surface area contributed by atoms with E-state index in [-0.39, 0.29) is 44.5 Å². The number of rotatable bonds is 5. The van der Waals surface area contributed by atoms with Gasteiger partial charge in [-0.05, 0) is 42.8 Å². The summed E-state index contributed by atoms with van der Waals surface area (Å²) in [5.41, 5.74) is -0.355. The van der Waals surface area contributed by atoms with Gasteiger partial charge in [0.2, 0.25) is 11.2 Å². The molecule has 0 aliphatic carbocycles. The van der Waals surface area contributed by atoms with Gasteiger partial charge in [0.15, 0.2) is 0 Å². The van der Waals surface area contributed by atoms with Gasteiger partial charge in [-0.3, -0.25) is 14.9 Å². The molecule has 3 aromatic carbocycles. The van der Waals surface area contributed by atoms with E-state index in [1.54, 1.807) is 19.1 Å². The first-order valence-corrected chi connectivity index (χ1v) is 11.0. The lowest BCUT2D eigenvalue weighted by Gasteiger charge is -2.09. The fraction of sp³-hybridized carbons (Fsp3) is 0.0385. The summed E-state index contributed by atoms with van der Waals surface area (Å²) in [5, 5.41) is 11.8. The van der Waals surface area contributed by atoms with E-state index in [0.29, 0.717) is 5.58 Å². The van der Waals surface area contributed by atoms with Crippen molar-refractivity contribution in [3.8, 4) is 17.2 Å². The van der Waals surface area contributed by atoms with Gasteiger partial charge in [-0.25, -0.2) is 9.59 Å². The molecule has 0 fully saturated rings. The van der Waals surface area contributed by atoms with Crippen molar-refractivity contribution in [3.05, 3.63) is 114 Å². The minimum atomic E-state index is -0.923. The Kier molecular flexibility index (Phi) is 5.94. The van der Waals surface area contributed by atoms with Crippen molar-refractivity contribution in [3.63, 3.8) is 0 Å². The molecule has 11 heteroatoms. The molecule has 0 spiro atoms. The van der Waals surface area contributed by atoms with E-state index in [4.69, 9.17) is 29.9 Å². The quantitative estimate of drug-likeness (QED) is 0.0928. The Bertz CT molecular complexity index is 1860. The first kappa shape index (κ1) is 23.8. The number of esters is 1. The molecule has 0 saturated carbocycles. The minimum Gasteiger partial charge on any atom is -0.460 e. The molecule has 0 aliphatic rings. The average molecular weight is 520 g/mol. The van der Waals surface area contributed by atoms with Crippen molar-refractivity contribution in [2.75, 3.05) is 0 Å². The second-order valence-electron chi connectivity index (χ2n) is 7.91. The predicted octanol–water partition coefficient (Wildman–Crippen LogP) is 5.78. The van der Waals surface area contributed by atoms with Gasteiger partial charge in [0, 0.05) is 35.7 Å². The summed E-state index contributed by atoms with van der Waals surface area (Å²) in [4.78, 5) is 47.5. The number of nitro groups is 1. The summed E-state index contributed by atoms with van der Waals surface area (Å²) < 4.78 is 21.7. The van der Waals surface area contributed by atoms with Crippen LogP contribution in [0.2, 0.25) is 5.02 Å². The summed E-state index contributed by atoms with van der Waals surface area (Å²) in [6.07, 6.45) is 1.10. The second-order valence-corrected chi connectivity index (χ2v) is 8.31. The first-order valence-electron chi connectivity index (χ1n) is 10.6. The number of fused-ring (bicyclic) bond motifs is 2. The Hall–Kier alpha value is -4.96. The number of carbonyl (C=O) groups is 1. The minimum absolute atomic E-state index is 0.0205. The second kappa shape index (κ2) is 9.25. The Morgan fingerprint density at radius 1 is 0.946 bits per heavy atom. The van der Waals surface area contributed by atoms with E-state index in [2.05, 4.69) is 0 Å². The maximum atomic E-state index is 13.0. The van der Waals surface area contributed by atoms with Gasteiger partial charge >= 0.3 is 11.6 Å². The van der Waals surface area contributed by atoms with Gasteiger partial charge in [0.25, 0.3) is 5.69 Å². The van der Waals surface area contributed by atoms with Gasteiger partial charge in [-0.2, -0.15) is 0 Å². The van der Waals surface area contributed by atoms with Crippen LogP contribution in [0.5, 0.6) is 17.2 Å². The highest BCUT2D eigenvalue weighted by Gasteiger charge is 2.19. The summed E-state index contributed by atoms with van der Waals surface area (Å²) >= 11 is 5.99. The molecule has 37 heavy (non-hydrogen) atoms. The van der Waals surface area contributed by atoms with Crippen LogP contribution in [-0.2, 0) is 0 Å². The normalized spacial score (nSPS) is 11.0. The molecule has 10 nitrogen and oxygen atoms in total. The third-order valence-corrected chi connectivity index (χ3v) is 5.79. The van der Waals surface area contributed by atoms with E-state index in [9.17, 15) is 24.5 Å². The van der Waals surface area contributed by atoms with E-state index in [1.807, 2.05) is 0 Å². The molecular formula is C26H14ClNO9. The standard InChI is InChI=1S/C26H14ClNO9/c1-13-8-24(29)37-22-11-15(3-5-17(13)22)35-23-12-34-21-10-16(4-6-18(21)25(23)30)36-26(31)19-9-14(28(32)33)2-7-20(19)27/h2-12H,1H3. The van der Waals surface area contributed by atoms with Crippen LogP contribution in [0.25, 0.3) is 21.9 Å². The van der Waals surface area contributed by atoms with Gasteiger partial charge < -0.3 is 18.3 Å². The maximum absolute atomic E-state index is 13.0. The zero-order valence-corrected chi connectivity index (χ0v) is 19.6. The number of halogens is 1. The molecule has 2 heterocycles. The van der Waals surface area contributed by atoms with Gasteiger partial charge in [-0.1, -0.05) is 11.6 Å². The van der Waals surface area contributed by atoms with Gasteiger partial charge in [0.1, 0.15) is 28.9 Å². The number of ether oxygens (including phenoxy) is 2. The molecule has 0 N–H and O–H groups in total. The maximum Gasteiger partial charge on any atom is 0.345 e. The van der Waals surface area contributed by atoms with E-state index < -0.39 is 21.9 Å². The monoisotopic (exact) mass is 519 g/mol. The molecule has 5 rings (SSSR count). The molecule has 0 aliphatic heterocycles. The number of benzene rings is 3. The highest BCUT2D eigenvalue weighted by Crippen LogP contribution is 2.28. The van der Waals surface area contributed by atoms with Crippen LogP contribution < -0.4 is 20.5 Å². The highest BCUT2D eigenvalue weighted by molar-refractivity contribution is 6.33. The molecule has 184 valence electrons. The average Bonchev–Trinajstić information content (AvgIpc) is 2.85. The van der Waals surface area contributed by atoms with Crippen molar-refractivity contribution in [2.24, 2.45) is 0 Å². The van der Waals surface area contributed by atoms with Crippen LogP contribution in [0, 0.1) is 17.0 Å². The van der Waals surface area contributed by atoms with Crippen molar-refractivity contribution < 1.29 is 28.0 Å². The Labute approximate surface area is 211 Å². The number of nitro benzene ring substituents is 1. The number of hydrogen-bond donors (Lipinski definition) is 0. The van der Waals surface area contributed by atoms with Crippen molar-refractivity contribution in [1.29, 1.82) is 0 Å². The van der Waals surface area contributed by atoms with Crippen LogP contribution in [0.3, 0.4) is 0 Å². The van der Waals surface area contributed by atoms with Crippen molar-refractivity contribution in [2.45, 2.75) is 6.92 Å². The fourth-order valence-corrected chi connectivity index (χ4v) is 3.86. The Morgan fingerprint density at radius 2 is 1.68 bits per heavy atom.